The summed E-state index contributed by atoms with van der Waals surface area (Å²) in [5, 5.41) is 9.57. The van der Waals surface area contributed by atoms with Crippen molar-refractivity contribution in [3.63, 3.8) is 0 Å². The van der Waals surface area contributed by atoms with Crippen LogP contribution in [0.25, 0.3) is 0 Å². The smallest absolute Gasteiger partial charge is 0.155 e. The van der Waals surface area contributed by atoms with E-state index in [9.17, 15) is 9.90 Å². The normalized spacial score (nSPS) is 25.7. The van der Waals surface area contributed by atoms with Crippen molar-refractivity contribution >= 4 is 5.78 Å². The van der Waals surface area contributed by atoms with E-state index in [1.165, 1.54) is 0 Å². The summed E-state index contributed by atoms with van der Waals surface area (Å²) >= 11 is 0. The first-order valence-corrected chi connectivity index (χ1v) is 3.92. The zero-order chi connectivity index (χ0) is 8.48. The topological polar surface area (TPSA) is 37.3 Å². The van der Waals surface area contributed by atoms with Crippen LogP contribution in [-0.2, 0) is 4.79 Å². The maximum absolute atomic E-state index is 10.9. The highest BCUT2D eigenvalue weighted by Crippen LogP contribution is 2.26. The fraction of sp³-hybridized carbons (Fsp3) is 0.667. The van der Waals surface area contributed by atoms with Crippen LogP contribution in [0, 0.1) is 5.92 Å². The van der Waals surface area contributed by atoms with Crippen LogP contribution in [0.1, 0.15) is 26.7 Å². The first-order chi connectivity index (χ1) is 5.00. The van der Waals surface area contributed by atoms with Crippen molar-refractivity contribution in [2.45, 2.75) is 32.3 Å². The summed E-state index contributed by atoms with van der Waals surface area (Å²) in [6.45, 7) is 3.51. The summed E-state index contributed by atoms with van der Waals surface area (Å²) in [6.07, 6.45) is 4.74. The maximum Gasteiger partial charge on any atom is 0.155 e. The molecule has 0 radical (unpaired) electrons. The summed E-state index contributed by atoms with van der Waals surface area (Å²) in [6, 6.07) is 0. The molecular formula is C9H14O2. The van der Waals surface area contributed by atoms with E-state index in [0.29, 0.717) is 6.42 Å². The molecule has 0 aromatic rings. The lowest BCUT2D eigenvalue weighted by Crippen LogP contribution is -2.33. The van der Waals surface area contributed by atoms with E-state index in [2.05, 4.69) is 0 Å². The van der Waals surface area contributed by atoms with E-state index in [-0.39, 0.29) is 11.7 Å². The maximum atomic E-state index is 10.9. The number of ketones is 1. The van der Waals surface area contributed by atoms with Gasteiger partial charge in [-0.05, 0) is 32.3 Å². The van der Waals surface area contributed by atoms with E-state index < -0.39 is 5.60 Å². The van der Waals surface area contributed by atoms with Gasteiger partial charge in [-0.15, -0.1) is 0 Å². The number of aliphatic hydroxyl groups is 1. The van der Waals surface area contributed by atoms with Gasteiger partial charge < -0.3 is 5.11 Å². The highest BCUT2D eigenvalue weighted by molar-refractivity contribution is 5.90. The molecule has 0 bridgehead atoms. The number of hydrogen-bond acceptors (Lipinski definition) is 2. The quantitative estimate of drug-likeness (QED) is 0.618. The van der Waals surface area contributed by atoms with E-state index in [1.54, 1.807) is 19.9 Å². The molecule has 1 aliphatic carbocycles. The van der Waals surface area contributed by atoms with Gasteiger partial charge in [0.2, 0.25) is 0 Å². The van der Waals surface area contributed by atoms with Gasteiger partial charge in [-0.2, -0.15) is 0 Å². The van der Waals surface area contributed by atoms with Gasteiger partial charge in [0.15, 0.2) is 5.78 Å². The predicted octanol–water partition coefficient (Wildman–Crippen LogP) is 1.29. The Kier molecular flexibility index (Phi) is 2.14. The second kappa shape index (κ2) is 2.78. The standard InChI is InChI=1S/C9H14O2/c1-9(2,11)7-4-3-5-8(10)6-7/h3,5,7,11H,4,6H2,1-2H3/t7-/m1/s1. The monoisotopic (exact) mass is 154 g/mol. The van der Waals surface area contributed by atoms with Crippen molar-refractivity contribution in [3.8, 4) is 0 Å². The summed E-state index contributed by atoms with van der Waals surface area (Å²) in [5.74, 6) is 0.225. The first-order valence-electron chi connectivity index (χ1n) is 3.92. The molecule has 1 aliphatic rings. The predicted molar refractivity (Wildman–Crippen MR) is 43.2 cm³/mol. The highest BCUT2D eigenvalue weighted by Gasteiger charge is 2.28. The lowest BCUT2D eigenvalue weighted by atomic mass is 9.81. The molecule has 0 fully saturated rings. The van der Waals surface area contributed by atoms with Crippen molar-refractivity contribution < 1.29 is 9.90 Å². The van der Waals surface area contributed by atoms with Crippen LogP contribution >= 0.6 is 0 Å². The van der Waals surface area contributed by atoms with Gasteiger partial charge in [-0.25, -0.2) is 0 Å². The Morgan fingerprint density at radius 1 is 1.64 bits per heavy atom. The second-order valence-electron chi connectivity index (χ2n) is 3.66. The average molecular weight is 154 g/mol. The summed E-state index contributed by atoms with van der Waals surface area (Å²) in [5.41, 5.74) is -0.722. The molecule has 0 aromatic heterocycles. The Labute approximate surface area is 66.9 Å². The van der Waals surface area contributed by atoms with Gasteiger partial charge in [-0.1, -0.05) is 6.08 Å². The van der Waals surface area contributed by atoms with Gasteiger partial charge >= 0.3 is 0 Å². The van der Waals surface area contributed by atoms with Gasteiger partial charge in [0.25, 0.3) is 0 Å². The van der Waals surface area contributed by atoms with Crippen molar-refractivity contribution in [1.29, 1.82) is 0 Å². The van der Waals surface area contributed by atoms with Crippen LogP contribution in [0.4, 0.5) is 0 Å². The van der Waals surface area contributed by atoms with Gasteiger partial charge in [0.05, 0.1) is 5.60 Å². The molecule has 2 heteroatoms. The molecule has 1 atom stereocenters. The zero-order valence-corrected chi connectivity index (χ0v) is 7.00. The Morgan fingerprint density at radius 2 is 2.27 bits per heavy atom. The molecule has 62 valence electrons. The molecule has 0 saturated heterocycles. The SMILES string of the molecule is CC(C)(O)[C@@H]1CC=CC(=O)C1. The van der Waals surface area contributed by atoms with Gasteiger partial charge in [0, 0.05) is 6.42 Å². The number of allylic oxidation sites excluding steroid dienone is 2. The van der Waals surface area contributed by atoms with Gasteiger partial charge in [0.1, 0.15) is 0 Å². The fourth-order valence-corrected chi connectivity index (χ4v) is 1.30. The second-order valence-corrected chi connectivity index (χ2v) is 3.66. The third-order valence-corrected chi connectivity index (χ3v) is 2.17. The molecule has 11 heavy (non-hydrogen) atoms. The number of carbonyl (C=O) groups is 1. The van der Waals surface area contributed by atoms with Crippen LogP contribution in [0.2, 0.25) is 0 Å². The molecule has 2 nitrogen and oxygen atoms in total. The molecule has 1 N–H and O–H groups in total. The Morgan fingerprint density at radius 3 is 2.64 bits per heavy atom. The molecule has 0 amide bonds. The number of carbonyl (C=O) groups excluding carboxylic acids is 1. The Bertz CT molecular complexity index is 186. The zero-order valence-electron chi connectivity index (χ0n) is 7.00. The third-order valence-electron chi connectivity index (χ3n) is 2.17. The van der Waals surface area contributed by atoms with Crippen LogP contribution in [0.5, 0.6) is 0 Å². The van der Waals surface area contributed by atoms with Crippen molar-refractivity contribution in [1.82, 2.24) is 0 Å². The number of rotatable bonds is 1. The Hall–Kier alpha value is -0.630. The lowest BCUT2D eigenvalue weighted by molar-refractivity contribution is -0.118. The van der Waals surface area contributed by atoms with E-state index in [4.69, 9.17) is 0 Å². The van der Waals surface area contributed by atoms with Crippen LogP contribution in [-0.4, -0.2) is 16.5 Å². The minimum Gasteiger partial charge on any atom is -0.390 e. The summed E-state index contributed by atoms with van der Waals surface area (Å²) < 4.78 is 0. The van der Waals surface area contributed by atoms with Crippen LogP contribution in [0.15, 0.2) is 12.2 Å². The van der Waals surface area contributed by atoms with Crippen LogP contribution < -0.4 is 0 Å². The molecule has 0 heterocycles. The number of hydrogen-bond donors (Lipinski definition) is 1. The third kappa shape index (κ3) is 2.15. The molecule has 0 unspecified atom stereocenters. The van der Waals surface area contributed by atoms with E-state index in [0.717, 1.165) is 6.42 Å². The first kappa shape index (κ1) is 8.47. The molecule has 0 spiro atoms. The summed E-state index contributed by atoms with van der Waals surface area (Å²) in [4.78, 5) is 10.9. The largest absolute Gasteiger partial charge is 0.390 e. The van der Waals surface area contributed by atoms with E-state index >= 15 is 0 Å². The molecular weight excluding hydrogens is 140 g/mol. The van der Waals surface area contributed by atoms with E-state index in [1.807, 2.05) is 6.08 Å². The Balaban J connectivity index is 2.64. The lowest BCUT2D eigenvalue weighted by Gasteiger charge is -2.29. The van der Waals surface area contributed by atoms with Gasteiger partial charge in [-0.3, -0.25) is 4.79 Å². The minimum atomic E-state index is -0.722. The molecule has 0 aromatic carbocycles. The van der Waals surface area contributed by atoms with Crippen LogP contribution in [0.3, 0.4) is 0 Å². The molecule has 1 rings (SSSR count). The molecule has 0 aliphatic heterocycles. The van der Waals surface area contributed by atoms with Crippen molar-refractivity contribution in [2.75, 3.05) is 0 Å². The minimum absolute atomic E-state index is 0.0972. The fourth-order valence-electron chi connectivity index (χ4n) is 1.30. The molecule has 0 saturated carbocycles. The highest BCUT2D eigenvalue weighted by atomic mass is 16.3. The van der Waals surface area contributed by atoms with Crippen molar-refractivity contribution in [2.24, 2.45) is 5.92 Å². The average Bonchev–Trinajstić information content (AvgIpc) is 1.86. The summed E-state index contributed by atoms with van der Waals surface area (Å²) in [7, 11) is 0. The van der Waals surface area contributed by atoms with Crippen molar-refractivity contribution in [3.05, 3.63) is 12.2 Å².